The lowest BCUT2D eigenvalue weighted by molar-refractivity contribution is 0.838. The van der Waals surface area contributed by atoms with Gasteiger partial charge in [-0.25, -0.2) is 9.97 Å². The van der Waals surface area contributed by atoms with Crippen molar-refractivity contribution in [2.75, 3.05) is 5.73 Å². The minimum absolute atomic E-state index is 0.562. The summed E-state index contributed by atoms with van der Waals surface area (Å²) in [6, 6.07) is 8.22. The summed E-state index contributed by atoms with van der Waals surface area (Å²) in [5.74, 6) is 1.38. The molecule has 0 unspecified atom stereocenters. The number of rotatable bonds is 3. The number of nitrogen functional groups attached to an aromatic ring is 1. The number of anilines is 1. The first-order chi connectivity index (χ1) is 8.20. The molecular weight excluding hydrogens is 210 g/mol. The number of nitrogens with zero attached hydrogens (tertiary/aromatic N) is 2. The second-order valence-corrected chi connectivity index (χ2v) is 4.20. The van der Waals surface area contributed by atoms with Crippen molar-refractivity contribution < 1.29 is 0 Å². The Morgan fingerprint density at radius 2 is 1.88 bits per heavy atom. The van der Waals surface area contributed by atoms with Crippen molar-refractivity contribution in [2.24, 2.45) is 0 Å². The van der Waals surface area contributed by atoms with Crippen molar-refractivity contribution in [3.63, 3.8) is 0 Å². The third-order valence-corrected chi connectivity index (χ3v) is 2.70. The molecule has 0 bridgehead atoms. The molecule has 88 valence electrons. The molecule has 3 nitrogen and oxygen atoms in total. The van der Waals surface area contributed by atoms with Crippen LogP contribution in [-0.4, -0.2) is 9.97 Å². The molecule has 0 fully saturated rings. The van der Waals surface area contributed by atoms with E-state index in [0.717, 1.165) is 29.8 Å². The Bertz CT molecular complexity index is 503. The zero-order valence-electron chi connectivity index (χ0n) is 10.3. The lowest BCUT2D eigenvalue weighted by atomic mass is 10.1. The largest absolute Gasteiger partial charge is 0.383 e. The quantitative estimate of drug-likeness (QED) is 0.877. The number of benzene rings is 1. The molecule has 17 heavy (non-hydrogen) atoms. The molecule has 0 amide bonds. The van der Waals surface area contributed by atoms with Crippen molar-refractivity contribution in [1.29, 1.82) is 0 Å². The zero-order valence-corrected chi connectivity index (χ0v) is 10.3. The molecule has 2 aromatic rings. The van der Waals surface area contributed by atoms with Crippen LogP contribution in [0.3, 0.4) is 0 Å². The van der Waals surface area contributed by atoms with Gasteiger partial charge in [0.05, 0.1) is 0 Å². The van der Waals surface area contributed by atoms with Crippen LogP contribution in [0, 0.1) is 6.92 Å². The Hall–Kier alpha value is -1.90. The second kappa shape index (κ2) is 4.95. The highest BCUT2D eigenvalue weighted by atomic mass is 14.9. The number of hydrogen-bond acceptors (Lipinski definition) is 3. The average molecular weight is 227 g/mol. The fourth-order valence-corrected chi connectivity index (χ4v) is 1.73. The van der Waals surface area contributed by atoms with E-state index in [2.05, 4.69) is 35.9 Å². The van der Waals surface area contributed by atoms with Crippen molar-refractivity contribution in [3.8, 4) is 11.1 Å². The van der Waals surface area contributed by atoms with Gasteiger partial charge in [0.2, 0.25) is 0 Å². The fourth-order valence-electron chi connectivity index (χ4n) is 1.73. The van der Waals surface area contributed by atoms with Gasteiger partial charge in [-0.1, -0.05) is 36.8 Å². The number of hydrogen-bond donors (Lipinski definition) is 1. The molecule has 1 aromatic carbocycles. The van der Waals surface area contributed by atoms with Crippen LogP contribution >= 0.6 is 0 Å². The maximum absolute atomic E-state index is 5.97. The Balaban J connectivity index is 2.36. The van der Waals surface area contributed by atoms with E-state index in [1.54, 1.807) is 0 Å². The number of aromatic nitrogens is 2. The summed E-state index contributed by atoms with van der Waals surface area (Å²) < 4.78 is 0. The van der Waals surface area contributed by atoms with E-state index in [4.69, 9.17) is 5.73 Å². The smallest absolute Gasteiger partial charge is 0.135 e. The Morgan fingerprint density at radius 1 is 1.18 bits per heavy atom. The molecular formula is C14H17N3. The maximum atomic E-state index is 5.97. The maximum Gasteiger partial charge on any atom is 0.135 e. The van der Waals surface area contributed by atoms with Crippen LogP contribution in [0.4, 0.5) is 5.82 Å². The highest BCUT2D eigenvalue weighted by molar-refractivity contribution is 5.72. The summed E-state index contributed by atoms with van der Waals surface area (Å²) >= 11 is 0. The summed E-state index contributed by atoms with van der Waals surface area (Å²) in [5, 5.41) is 0. The molecule has 2 rings (SSSR count). The summed E-state index contributed by atoms with van der Waals surface area (Å²) in [7, 11) is 0. The molecule has 0 radical (unpaired) electrons. The highest BCUT2D eigenvalue weighted by Gasteiger charge is 2.05. The predicted octanol–water partition coefficient (Wildman–Crippen LogP) is 2.99. The van der Waals surface area contributed by atoms with Gasteiger partial charge in [-0.2, -0.15) is 0 Å². The molecule has 0 aliphatic carbocycles. The van der Waals surface area contributed by atoms with Gasteiger partial charge in [0, 0.05) is 18.2 Å². The average Bonchev–Trinajstić information content (AvgIpc) is 2.31. The topological polar surface area (TPSA) is 51.8 Å². The molecule has 0 aliphatic rings. The normalized spacial score (nSPS) is 10.5. The van der Waals surface area contributed by atoms with E-state index in [1.807, 2.05) is 18.3 Å². The van der Waals surface area contributed by atoms with Crippen molar-refractivity contribution in [3.05, 3.63) is 41.9 Å². The van der Waals surface area contributed by atoms with Crippen LogP contribution in [0.15, 0.2) is 30.5 Å². The second-order valence-electron chi connectivity index (χ2n) is 4.20. The molecule has 0 aliphatic heterocycles. The van der Waals surface area contributed by atoms with Gasteiger partial charge in [0.25, 0.3) is 0 Å². The van der Waals surface area contributed by atoms with E-state index in [0.29, 0.717) is 5.82 Å². The van der Waals surface area contributed by atoms with Crippen LogP contribution in [0.25, 0.3) is 11.1 Å². The molecule has 0 spiro atoms. The molecule has 3 heteroatoms. The third-order valence-electron chi connectivity index (χ3n) is 2.70. The fraction of sp³-hybridized carbons (Fsp3) is 0.286. The van der Waals surface area contributed by atoms with E-state index < -0.39 is 0 Å². The summed E-state index contributed by atoms with van der Waals surface area (Å²) in [6.07, 6.45) is 3.72. The molecule has 0 saturated carbocycles. The van der Waals surface area contributed by atoms with E-state index >= 15 is 0 Å². The van der Waals surface area contributed by atoms with Gasteiger partial charge in [-0.3, -0.25) is 0 Å². The first kappa shape index (κ1) is 11.6. The van der Waals surface area contributed by atoms with Gasteiger partial charge in [0.15, 0.2) is 0 Å². The lowest BCUT2D eigenvalue weighted by Crippen LogP contribution is -2.01. The van der Waals surface area contributed by atoms with Gasteiger partial charge < -0.3 is 5.73 Å². The predicted molar refractivity (Wildman–Crippen MR) is 70.6 cm³/mol. The Labute approximate surface area is 102 Å². The van der Waals surface area contributed by atoms with Gasteiger partial charge in [0.1, 0.15) is 11.6 Å². The SMILES string of the molecule is CCCc1ncc(-c2ccc(C)cc2)c(N)n1. The molecule has 2 N–H and O–H groups in total. The van der Waals surface area contributed by atoms with E-state index in [1.165, 1.54) is 5.56 Å². The van der Waals surface area contributed by atoms with Crippen LogP contribution < -0.4 is 5.73 Å². The summed E-state index contributed by atoms with van der Waals surface area (Å²) in [4.78, 5) is 8.67. The first-order valence-electron chi connectivity index (χ1n) is 5.89. The van der Waals surface area contributed by atoms with Crippen molar-refractivity contribution >= 4 is 5.82 Å². The summed E-state index contributed by atoms with van der Waals surface area (Å²) in [5.41, 5.74) is 9.18. The van der Waals surface area contributed by atoms with Gasteiger partial charge in [-0.15, -0.1) is 0 Å². The van der Waals surface area contributed by atoms with Crippen LogP contribution in [0.5, 0.6) is 0 Å². The highest BCUT2D eigenvalue weighted by Crippen LogP contribution is 2.23. The van der Waals surface area contributed by atoms with Gasteiger partial charge in [-0.05, 0) is 18.9 Å². The summed E-state index contributed by atoms with van der Waals surface area (Å²) in [6.45, 7) is 4.17. The van der Waals surface area contributed by atoms with Gasteiger partial charge >= 0.3 is 0 Å². The monoisotopic (exact) mass is 227 g/mol. The number of aryl methyl sites for hydroxylation is 2. The van der Waals surface area contributed by atoms with Crippen LogP contribution in [-0.2, 0) is 6.42 Å². The molecule has 0 atom stereocenters. The first-order valence-corrected chi connectivity index (χ1v) is 5.89. The Morgan fingerprint density at radius 3 is 2.47 bits per heavy atom. The van der Waals surface area contributed by atoms with E-state index in [9.17, 15) is 0 Å². The lowest BCUT2D eigenvalue weighted by Gasteiger charge is -2.06. The molecule has 1 heterocycles. The van der Waals surface area contributed by atoms with Crippen LogP contribution in [0.2, 0.25) is 0 Å². The van der Waals surface area contributed by atoms with Crippen molar-refractivity contribution in [2.45, 2.75) is 26.7 Å². The minimum Gasteiger partial charge on any atom is -0.383 e. The minimum atomic E-state index is 0.562. The molecule has 1 aromatic heterocycles. The number of nitrogens with two attached hydrogens (primary N) is 1. The van der Waals surface area contributed by atoms with Crippen LogP contribution in [0.1, 0.15) is 24.7 Å². The standard InChI is InChI=1S/C14H17N3/c1-3-4-13-16-9-12(14(15)17-13)11-7-5-10(2)6-8-11/h5-9H,3-4H2,1-2H3,(H2,15,16,17). The zero-order chi connectivity index (χ0) is 12.3. The molecule has 0 saturated heterocycles. The Kier molecular flexibility index (Phi) is 3.38. The van der Waals surface area contributed by atoms with Crippen molar-refractivity contribution in [1.82, 2.24) is 9.97 Å². The third kappa shape index (κ3) is 2.61. The van der Waals surface area contributed by atoms with E-state index in [-0.39, 0.29) is 0 Å².